The number of likely N-dealkylation sites (N-methyl/N-ethyl adjacent to an activating group) is 1. The summed E-state index contributed by atoms with van der Waals surface area (Å²) in [5.41, 5.74) is 2.83. The van der Waals surface area contributed by atoms with E-state index in [1.54, 1.807) is 6.07 Å². The van der Waals surface area contributed by atoms with Gasteiger partial charge >= 0.3 is 0 Å². The number of nitrogens with zero attached hydrogens (tertiary/aromatic N) is 1. The predicted octanol–water partition coefficient (Wildman–Crippen LogP) is 3.06. The van der Waals surface area contributed by atoms with Gasteiger partial charge in [0.15, 0.2) is 0 Å². The van der Waals surface area contributed by atoms with Crippen LogP contribution < -0.4 is 10.6 Å². The highest BCUT2D eigenvalue weighted by atomic mass is 19.1. The number of hydrogen-bond acceptors (Lipinski definition) is 3. The van der Waals surface area contributed by atoms with Crippen molar-refractivity contribution in [2.75, 3.05) is 27.7 Å². The molecule has 3 rings (SSSR count). The number of nitrogens with one attached hydrogen (secondary N) is 2. The Morgan fingerprint density at radius 2 is 1.90 bits per heavy atom. The molecule has 0 heterocycles. The van der Waals surface area contributed by atoms with E-state index in [1.165, 1.54) is 18.7 Å². The molecule has 1 aliphatic carbocycles. The average Bonchev–Trinajstić information content (AvgIpc) is 3.45. The molecule has 1 saturated carbocycles. The second-order valence-electron chi connectivity index (χ2n) is 8.94. The van der Waals surface area contributed by atoms with Crippen molar-refractivity contribution >= 4 is 11.8 Å². The molecule has 166 valence electrons. The Balaban J connectivity index is 1.64. The van der Waals surface area contributed by atoms with Crippen LogP contribution in [0.2, 0.25) is 0 Å². The number of amides is 2. The summed E-state index contributed by atoms with van der Waals surface area (Å²) in [4.78, 5) is 26.7. The summed E-state index contributed by atoms with van der Waals surface area (Å²) in [6.45, 7) is 4.49. The molecule has 2 unspecified atom stereocenters. The molecule has 1 fully saturated rings. The predicted molar refractivity (Wildman–Crippen MR) is 121 cm³/mol. The Morgan fingerprint density at radius 3 is 2.52 bits per heavy atom. The van der Waals surface area contributed by atoms with Crippen LogP contribution in [0.25, 0.3) is 0 Å². The molecule has 0 bridgehead atoms. The van der Waals surface area contributed by atoms with Crippen molar-refractivity contribution in [3.05, 3.63) is 70.5 Å². The molecule has 0 aromatic heterocycles. The first kappa shape index (κ1) is 22.9. The van der Waals surface area contributed by atoms with Gasteiger partial charge in [0.25, 0.3) is 5.91 Å². The minimum Gasteiger partial charge on any atom is -0.355 e. The zero-order valence-electron chi connectivity index (χ0n) is 19.0. The van der Waals surface area contributed by atoms with Crippen LogP contribution in [0.4, 0.5) is 4.39 Å². The topological polar surface area (TPSA) is 61.4 Å². The minimum atomic E-state index is -0.530. The molecule has 0 saturated heterocycles. The maximum Gasteiger partial charge on any atom is 0.254 e. The molecule has 1 aliphatic rings. The lowest BCUT2D eigenvalue weighted by atomic mass is 9.95. The third kappa shape index (κ3) is 4.96. The summed E-state index contributed by atoms with van der Waals surface area (Å²) in [6, 6.07) is 13.2. The van der Waals surface area contributed by atoms with Crippen LogP contribution in [0.3, 0.4) is 0 Å². The van der Waals surface area contributed by atoms with E-state index in [2.05, 4.69) is 29.7 Å². The number of carbonyl (C=O) groups excluding carboxylic acids is 2. The monoisotopic (exact) mass is 425 g/mol. The maximum absolute atomic E-state index is 14.4. The minimum absolute atomic E-state index is 0.00892. The van der Waals surface area contributed by atoms with Gasteiger partial charge in [-0.3, -0.25) is 9.59 Å². The van der Waals surface area contributed by atoms with E-state index >= 15 is 0 Å². The highest BCUT2D eigenvalue weighted by molar-refractivity contribution is 5.94. The fourth-order valence-corrected chi connectivity index (χ4v) is 4.17. The van der Waals surface area contributed by atoms with Gasteiger partial charge in [-0.15, -0.1) is 0 Å². The number of hydrogen-bond donors (Lipinski definition) is 2. The van der Waals surface area contributed by atoms with Gasteiger partial charge in [-0.25, -0.2) is 4.39 Å². The van der Waals surface area contributed by atoms with E-state index in [1.807, 2.05) is 44.1 Å². The van der Waals surface area contributed by atoms with E-state index in [-0.39, 0.29) is 28.8 Å². The molecule has 0 spiro atoms. The van der Waals surface area contributed by atoms with Gasteiger partial charge in [-0.2, -0.15) is 0 Å². The first-order valence-electron chi connectivity index (χ1n) is 10.7. The van der Waals surface area contributed by atoms with Gasteiger partial charge in [0.05, 0.1) is 5.56 Å². The molecule has 0 aliphatic heterocycles. The van der Waals surface area contributed by atoms with Gasteiger partial charge in [0.2, 0.25) is 5.91 Å². The molecule has 2 N–H and O–H groups in total. The van der Waals surface area contributed by atoms with Crippen molar-refractivity contribution in [1.29, 1.82) is 0 Å². The Bertz CT molecular complexity index is 961. The second-order valence-corrected chi connectivity index (χ2v) is 8.94. The van der Waals surface area contributed by atoms with Crippen molar-refractivity contribution in [2.24, 2.45) is 5.92 Å². The van der Waals surface area contributed by atoms with Crippen molar-refractivity contribution in [3.8, 4) is 0 Å². The molecule has 3 atom stereocenters. The van der Waals surface area contributed by atoms with Crippen LogP contribution in [0.5, 0.6) is 0 Å². The lowest BCUT2D eigenvalue weighted by molar-refractivity contribution is -0.122. The maximum atomic E-state index is 14.4. The summed E-state index contributed by atoms with van der Waals surface area (Å²) in [5, 5.41) is 5.57. The zero-order chi connectivity index (χ0) is 22.8. The van der Waals surface area contributed by atoms with E-state index in [0.29, 0.717) is 13.0 Å². The van der Waals surface area contributed by atoms with Crippen molar-refractivity contribution in [3.63, 3.8) is 0 Å². The summed E-state index contributed by atoms with van der Waals surface area (Å²) in [6.07, 6.45) is 1.42. The zero-order valence-corrected chi connectivity index (χ0v) is 19.0. The standard InChI is InChI=1S/C25H32FN3O2/c1-16-11-20(23(30)27-3)22(26)13-17(16)12-19(29(4)5)15-28-24(31)21-14-25(21,2)18-9-7-6-8-10-18/h6-11,13,19,21H,12,14-15H2,1-5H3,(H,27,30)(H,28,31)/t19-,21?,25?/m0/s1. The summed E-state index contributed by atoms with van der Waals surface area (Å²) in [7, 11) is 5.39. The van der Waals surface area contributed by atoms with Gasteiger partial charge in [0.1, 0.15) is 5.82 Å². The number of benzene rings is 2. The van der Waals surface area contributed by atoms with Crippen molar-refractivity contribution < 1.29 is 14.0 Å². The van der Waals surface area contributed by atoms with Gasteiger partial charge in [0, 0.05) is 31.0 Å². The molecular weight excluding hydrogens is 393 g/mol. The van der Waals surface area contributed by atoms with E-state index < -0.39 is 11.7 Å². The molecular formula is C25H32FN3O2. The van der Waals surface area contributed by atoms with E-state index in [0.717, 1.165) is 17.5 Å². The van der Waals surface area contributed by atoms with Gasteiger partial charge in [-0.1, -0.05) is 37.3 Å². The van der Waals surface area contributed by atoms with E-state index in [9.17, 15) is 14.0 Å². The lowest BCUT2D eigenvalue weighted by Crippen LogP contribution is -2.42. The highest BCUT2D eigenvalue weighted by Gasteiger charge is 2.55. The number of halogens is 1. The summed E-state index contributed by atoms with van der Waals surface area (Å²) in [5.74, 6) is -0.924. The first-order valence-corrected chi connectivity index (χ1v) is 10.7. The van der Waals surface area contributed by atoms with Crippen LogP contribution in [0.1, 0.15) is 40.4 Å². The van der Waals surface area contributed by atoms with Crippen LogP contribution in [0, 0.1) is 18.7 Å². The second kappa shape index (κ2) is 9.18. The fourth-order valence-electron chi connectivity index (χ4n) is 4.17. The smallest absolute Gasteiger partial charge is 0.254 e. The quantitative estimate of drug-likeness (QED) is 0.683. The molecule has 2 aromatic carbocycles. The van der Waals surface area contributed by atoms with Crippen LogP contribution in [-0.4, -0.2) is 50.4 Å². The van der Waals surface area contributed by atoms with Gasteiger partial charge < -0.3 is 15.5 Å². The van der Waals surface area contributed by atoms with Crippen molar-refractivity contribution in [2.45, 2.75) is 38.1 Å². The number of aryl methyl sites for hydroxylation is 1. The summed E-state index contributed by atoms with van der Waals surface area (Å²) >= 11 is 0. The molecule has 2 amide bonds. The highest BCUT2D eigenvalue weighted by Crippen LogP contribution is 2.53. The van der Waals surface area contributed by atoms with Crippen LogP contribution >= 0.6 is 0 Å². The SMILES string of the molecule is CNC(=O)c1cc(C)c(C[C@@H](CNC(=O)C2CC2(C)c2ccccc2)N(C)C)cc1F. The normalized spacial score (nSPS) is 20.9. The molecule has 5 nitrogen and oxygen atoms in total. The Labute approximate surface area is 184 Å². The Hall–Kier alpha value is -2.73. The van der Waals surface area contributed by atoms with E-state index in [4.69, 9.17) is 0 Å². The molecule has 2 aromatic rings. The third-order valence-electron chi connectivity index (χ3n) is 6.58. The third-order valence-corrected chi connectivity index (χ3v) is 6.58. The van der Waals surface area contributed by atoms with Gasteiger partial charge in [-0.05, 0) is 62.7 Å². The summed E-state index contributed by atoms with van der Waals surface area (Å²) < 4.78 is 14.4. The molecule has 0 radical (unpaired) electrons. The van der Waals surface area contributed by atoms with Crippen molar-refractivity contribution in [1.82, 2.24) is 15.5 Å². The first-order chi connectivity index (χ1) is 14.7. The van der Waals surface area contributed by atoms with Crippen LogP contribution in [-0.2, 0) is 16.6 Å². The molecule has 31 heavy (non-hydrogen) atoms. The fraction of sp³-hybridized carbons (Fsp3) is 0.440. The largest absolute Gasteiger partial charge is 0.355 e. The average molecular weight is 426 g/mol. The number of carbonyl (C=O) groups is 2. The molecule has 6 heteroatoms. The Kier molecular flexibility index (Phi) is 6.80. The van der Waals surface area contributed by atoms with Crippen LogP contribution in [0.15, 0.2) is 42.5 Å². The number of rotatable bonds is 8. The lowest BCUT2D eigenvalue weighted by Gasteiger charge is -2.26. The Morgan fingerprint density at radius 1 is 1.23 bits per heavy atom.